The molecule has 3 heterocycles. The van der Waals surface area contributed by atoms with E-state index in [-0.39, 0.29) is 22.5 Å². The third kappa shape index (κ3) is 3.51. The van der Waals surface area contributed by atoms with Gasteiger partial charge in [-0.2, -0.15) is 0 Å². The summed E-state index contributed by atoms with van der Waals surface area (Å²) >= 11 is 0. The summed E-state index contributed by atoms with van der Waals surface area (Å²) in [5.41, 5.74) is 3.68. The Balaban J connectivity index is 1.44. The number of fused-ring (bicyclic) bond motifs is 2. The summed E-state index contributed by atoms with van der Waals surface area (Å²) < 4.78 is 30.6. The van der Waals surface area contributed by atoms with Crippen molar-refractivity contribution in [2.24, 2.45) is 0 Å². The fourth-order valence-electron chi connectivity index (χ4n) is 4.52. The molecule has 1 N–H and O–H groups in total. The number of pyridine rings is 1. The lowest BCUT2D eigenvalue weighted by Crippen LogP contribution is -2.34. The van der Waals surface area contributed by atoms with Crippen molar-refractivity contribution < 1.29 is 17.7 Å². The van der Waals surface area contributed by atoms with Gasteiger partial charge in [-0.15, -0.1) is 0 Å². The van der Waals surface area contributed by atoms with Gasteiger partial charge in [0.15, 0.2) is 9.84 Å². The van der Waals surface area contributed by atoms with E-state index in [4.69, 9.17) is 4.52 Å². The number of nitrogens with zero attached hydrogens (tertiary/aromatic N) is 2. The highest BCUT2D eigenvalue weighted by Gasteiger charge is 2.34. The number of benzene rings is 2. The van der Waals surface area contributed by atoms with Gasteiger partial charge in [0, 0.05) is 11.5 Å². The molecule has 0 bridgehead atoms. The number of sulfone groups is 1. The molecule has 166 valence electrons. The minimum Gasteiger partial charge on any atom is -0.345 e. The van der Waals surface area contributed by atoms with Gasteiger partial charge in [0.1, 0.15) is 0 Å². The molecule has 8 heteroatoms. The fourth-order valence-corrected chi connectivity index (χ4v) is 6.14. The first-order chi connectivity index (χ1) is 16.0. The summed E-state index contributed by atoms with van der Waals surface area (Å²) in [4.78, 5) is 18.5. The standard InChI is InChI=1S/C25H21N3O4S/c29-24(26-19-12-13-33(30,31)21-9-5-4-8-17(19)21)18-14-20(15-6-2-1-3-7-15)27-25-22(18)23(28-32-25)16-10-11-16/h1-9,14,16,19H,10-13H2,(H,26,29). The Kier molecular flexibility index (Phi) is 4.58. The first-order valence-electron chi connectivity index (χ1n) is 11.0. The Labute approximate surface area is 190 Å². The van der Waals surface area contributed by atoms with E-state index in [1.165, 1.54) is 0 Å². The molecule has 1 fully saturated rings. The lowest BCUT2D eigenvalue weighted by Gasteiger charge is -2.26. The predicted octanol–water partition coefficient (Wildman–Crippen LogP) is 4.42. The van der Waals surface area contributed by atoms with Crippen molar-refractivity contribution in [2.45, 2.75) is 36.1 Å². The zero-order valence-electron chi connectivity index (χ0n) is 17.7. The summed E-state index contributed by atoms with van der Waals surface area (Å²) in [6.45, 7) is 0. The van der Waals surface area contributed by atoms with Crippen LogP contribution >= 0.6 is 0 Å². The first kappa shape index (κ1) is 20.1. The van der Waals surface area contributed by atoms with Crippen LogP contribution in [-0.4, -0.2) is 30.2 Å². The van der Waals surface area contributed by atoms with Crippen LogP contribution in [0, 0.1) is 0 Å². The lowest BCUT2D eigenvalue weighted by molar-refractivity contribution is 0.0936. The molecule has 2 aliphatic rings. The molecular formula is C25H21N3O4S. The largest absolute Gasteiger partial charge is 0.345 e. The molecule has 2 aromatic carbocycles. The minimum atomic E-state index is -3.34. The van der Waals surface area contributed by atoms with Gasteiger partial charge in [-0.05, 0) is 37.0 Å². The molecule has 7 nitrogen and oxygen atoms in total. The number of hydrogen-bond acceptors (Lipinski definition) is 6. The number of aromatic nitrogens is 2. The highest BCUT2D eigenvalue weighted by molar-refractivity contribution is 7.91. The van der Waals surface area contributed by atoms with Gasteiger partial charge < -0.3 is 9.84 Å². The second kappa shape index (κ2) is 7.52. The van der Waals surface area contributed by atoms with Crippen LogP contribution in [-0.2, 0) is 9.84 Å². The maximum absolute atomic E-state index is 13.6. The van der Waals surface area contributed by atoms with Crippen LogP contribution in [0.2, 0.25) is 0 Å². The van der Waals surface area contributed by atoms with Gasteiger partial charge in [0.2, 0.25) is 0 Å². The van der Waals surface area contributed by atoms with Gasteiger partial charge in [-0.25, -0.2) is 13.4 Å². The molecule has 1 atom stereocenters. The third-order valence-electron chi connectivity index (χ3n) is 6.36. The monoisotopic (exact) mass is 459 g/mol. The predicted molar refractivity (Wildman–Crippen MR) is 123 cm³/mol. The zero-order chi connectivity index (χ0) is 22.6. The Morgan fingerprint density at radius 3 is 2.55 bits per heavy atom. The molecule has 1 unspecified atom stereocenters. The molecular weight excluding hydrogens is 438 g/mol. The maximum Gasteiger partial charge on any atom is 0.259 e. The second-order valence-electron chi connectivity index (χ2n) is 8.61. The van der Waals surface area contributed by atoms with Gasteiger partial charge in [-0.3, -0.25) is 4.79 Å². The summed E-state index contributed by atoms with van der Waals surface area (Å²) in [5, 5.41) is 7.96. The molecule has 1 aliphatic heterocycles. The zero-order valence-corrected chi connectivity index (χ0v) is 18.5. The van der Waals surface area contributed by atoms with Gasteiger partial charge >= 0.3 is 0 Å². The van der Waals surface area contributed by atoms with Gasteiger partial charge in [0.05, 0.1) is 39.0 Å². The molecule has 2 aromatic heterocycles. The van der Waals surface area contributed by atoms with E-state index in [2.05, 4.69) is 15.5 Å². The van der Waals surface area contributed by atoms with E-state index in [9.17, 15) is 13.2 Å². The molecule has 1 aliphatic carbocycles. The highest BCUT2D eigenvalue weighted by Crippen LogP contribution is 2.43. The Hall–Kier alpha value is -3.52. The normalized spacial score (nSPS) is 19.2. The lowest BCUT2D eigenvalue weighted by atomic mass is 10.0. The number of carbonyl (C=O) groups is 1. The van der Waals surface area contributed by atoms with Crippen LogP contribution in [0.4, 0.5) is 0 Å². The highest BCUT2D eigenvalue weighted by atomic mass is 32.2. The molecule has 6 rings (SSSR count). The molecule has 0 radical (unpaired) electrons. The molecule has 0 spiro atoms. The van der Waals surface area contributed by atoms with E-state index in [1.807, 2.05) is 30.3 Å². The van der Waals surface area contributed by atoms with Crippen LogP contribution in [0.1, 0.15) is 52.8 Å². The van der Waals surface area contributed by atoms with Crippen LogP contribution in [0.3, 0.4) is 0 Å². The summed E-state index contributed by atoms with van der Waals surface area (Å²) in [7, 11) is -3.34. The van der Waals surface area contributed by atoms with Crippen molar-refractivity contribution in [3.63, 3.8) is 0 Å². The van der Waals surface area contributed by atoms with Crippen molar-refractivity contribution in [1.29, 1.82) is 0 Å². The number of nitrogens with one attached hydrogen (secondary N) is 1. The topological polar surface area (TPSA) is 102 Å². The summed E-state index contributed by atoms with van der Waals surface area (Å²) in [6.07, 6.45) is 2.35. The van der Waals surface area contributed by atoms with Gasteiger partial charge in [0.25, 0.3) is 11.6 Å². The van der Waals surface area contributed by atoms with E-state index < -0.39 is 15.9 Å². The quantitative estimate of drug-likeness (QED) is 0.485. The Morgan fingerprint density at radius 1 is 1.00 bits per heavy atom. The smallest absolute Gasteiger partial charge is 0.259 e. The number of hydrogen-bond donors (Lipinski definition) is 1. The Bertz CT molecular complexity index is 1490. The van der Waals surface area contributed by atoms with Crippen molar-refractivity contribution in [3.8, 4) is 11.3 Å². The molecule has 1 amide bonds. The van der Waals surface area contributed by atoms with Crippen LogP contribution in [0.15, 0.2) is 70.1 Å². The minimum absolute atomic E-state index is 0.00340. The number of rotatable bonds is 4. The third-order valence-corrected chi connectivity index (χ3v) is 8.18. The average Bonchev–Trinajstić information content (AvgIpc) is 3.59. The maximum atomic E-state index is 13.6. The SMILES string of the molecule is O=C(NC1CCS(=O)(=O)c2ccccc21)c1cc(-c2ccccc2)nc2onc(C3CC3)c12. The van der Waals surface area contributed by atoms with Crippen molar-refractivity contribution >= 4 is 26.8 Å². The molecule has 33 heavy (non-hydrogen) atoms. The number of amides is 1. The van der Waals surface area contributed by atoms with Crippen molar-refractivity contribution in [1.82, 2.24) is 15.5 Å². The fraction of sp³-hybridized carbons (Fsp3) is 0.240. The van der Waals surface area contributed by atoms with E-state index in [0.29, 0.717) is 34.3 Å². The first-order valence-corrected chi connectivity index (χ1v) is 12.6. The molecule has 0 saturated heterocycles. The summed E-state index contributed by atoms with van der Waals surface area (Å²) in [6, 6.07) is 17.9. The Morgan fingerprint density at radius 2 is 1.76 bits per heavy atom. The van der Waals surface area contributed by atoms with E-state index >= 15 is 0 Å². The second-order valence-corrected chi connectivity index (χ2v) is 10.7. The van der Waals surface area contributed by atoms with Crippen LogP contribution in [0.25, 0.3) is 22.4 Å². The van der Waals surface area contributed by atoms with Gasteiger partial charge in [-0.1, -0.05) is 53.7 Å². The average molecular weight is 460 g/mol. The summed E-state index contributed by atoms with van der Waals surface area (Å²) in [5.74, 6) is -0.0113. The van der Waals surface area contributed by atoms with Crippen LogP contribution in [0.5, 0.6) is 0 Å². The van der Waals surface area contributed by atoms with E-state index in [1.54, 1.807) is 30.3 Å². The number of carbonyl (C=O) groups excluding carboxylic acids is 1. The molecule has 4 aromatic rings. The van der Waals surface area contributed by atoms with Crippen molar-refractivity contribution in [2.75, 3.05) is 5.75 Å². The van der Waals surface area contributed by atoms with Crippen molar-refractivity contribution in [3.05, 3.63) is 77.5 Å². The van der Waals surface area contributed by atoms with E-state index in [0.717, 1.165) is 24.1 Å². The van der Waals surface area contributed by atoms with Crippen LogP contribution < -0.4 is 5.32 Å². The molecule has 1 saturated carbocycles.